The SMILES string of the molecule is O=C(NC1CCCCCC1OC(=O)c1cc(OCc2ccccc2)c(C(=O)c2ccccc2OCc2ccccc2)c(OCc2ccccc2)c1)c1ccc(OCc2ccccc2)cc1. The van der Waals surface area contributed by atoms with Gasteiger partial charge in [0.15, 0.2) is 0 Å². The molecule has 1 aliphatic rings. The number of carbonyl (C=O) groups excluding carboxylic acids is 3. The van der Waals surface area contributed by atoms with E-state index in [1.807, 2.05) is 127 Å². The molecule has 0 saturated heterocycles. The van der Waals surface area contributed by atoms with Crippen molar-refractivity contribution in [1.82, 2.24) is 5.32 Å². The Morgan fingerprint density at radius 3 is 1.46 bits per heavy atom. The normalized spacial score (nSPS) is 14.6. The summed E-state index contributed by atoms with van der Waals surface area (Å²) < 4.78 is 31.5. The van der Waals surface area contributed by atoms with Crippen LogP contribution in [0.2, 0.25) is 0 Å². The van der Waals surface area contributed by atoms with E-state index in [2.05, 4.69) is 5.32 Å². The summed E-state index contributed by atoms with van der Waals surface area (Å²) in [5, 5.41) is 3.16. The maximum absolute atomic E-state index is 14.9. The van der Waals surface area contributed by atoms with Crippen LogP contribution in [0, 0.1) is 0 Å². The minimum absolute atomic E-state index is 0.112. The van der Waals surface area contributed by atoms with Crippen molar-refractivity contribution in [3.63, 3.8) is 0 Å². The Labute approximate surface area is 379 Å². The number of ketones is 1. The van der Waals surface area contributed by atoms with Crippen LogP contribution in [0.15, 0.2) is 182 Å². The Balaban J connectivity index is 1.07. The minimum Gasteiger partial charge on any atom is -0.489 e. The predicted octanol–water partition coefficient (Wildman–Crippen LogP) is 11.5. The number of benzene rings is 7. The quantitative estimate of drug-likeness (QED) is 0.0516. The number of carbonyl (C=O) groups is 3. The largest absolute Gasteiger partial charge is 0.489 e. The molecule has 9 heteroatoms. The highest BCUT2D eigenvalue weighted by Gasteiger charge is 2.31. The average Bonchev–Trinajstić information content (AvgIpc) is 3.58. The molecule has 9 nitrogen and oxygen atoms in total. The van der Waals surface area contributed by atoms with Gasteiger partial charge in [-0.25, -0.2) is 4.79 Å². The van der Waals surface area contributed by atoms with Gasteiger partial charge in [-0.2, -0.15) is 0 Å². The number of rotatable bonds is 18. The third-order valence-corrected chi connectivity index (χ3v) is 11.3. The lowest BCUT2D eigenvalue weighted by Gasteiger charge is -2.26. The van der Waals surface area contributed by atoms with Crippen LogP contribution >= 0.6 is 0 Å². The van der Waals surface area contributed by atoms with Crippen LogP contribution < -0.4 is 24.3 Å². The number of amides is 1. The van der Waals surface area contributed by atoms with Crippen molar-refractivity contribution >= 4 is 17.7 Å². The van der Waals surface area contributed by atoms with Crippen molar-refractivity contribution in [2.45, 2.75) is 70.7 Å². The van der Waals surface area contributed by atoms with Crippen LogP contribution in [0.5, 0.6) is 23.0 Å². The summed E-state index contributed by atoms with van der Waals surface area (Å²) in [6, 6.07) is 55.5. The molecule has 1 amide bonds. The Morgan fingerprint density at radius 2 is 0.923 bits per heavy atom. The highest BCUT2D eigenvalue weighted by molar-refractivity contribution is 6.14. The highest BCUT2D eigenvalue weighted by atomic mass is 16.5. The van der Waals surface area contributed by atoms with Gasteiger partial charge in [-0.05, 0) is 90.0 Å². The first-order valence-corrected chi connectivity index (χ1v) is 22.1. The molecule has 0 aliphatic heterocycles. The molecule has 8 rings (SSSR count). The van der Waals surface area contributed by atoms with Gasteiger partial charge in [0.2, 0.25) is 5.78 Å². The lowest BCUT2D eigenvalue weighted by Crippen LogP contribution is -2.44. The van der Waals surface area contributed by atoms with E-state index in [4.69, 9.17) is 23.7 Å². The molecule has 0 bridgehead atoms. The molecule has 1 N–H and O–H groups in total. The zero-order valence-electron chi connectivity index (χ0n) is 36.1. The number of esters is 1. The number of para-hydroxylation sites is 1. The number of hydrogen-bond acceptors (Lipinski definition) is 8. The Bertz CT molecular complexity index is 2570. The van der Waals surface area contributed by atoms with E-state index in [1.165, 1.54) is 0 Å². The molecule has 65 heavy (non-hydrogen) atoms. The van der Waals surface area contributed by atoms with Gasteiger partial charge in [-0.3, -0.25) is 9.59 Å². The first-order valence-electron chi connectivity index (χ1n) is 22.1. The Kier molecular flexibility index (Phi) is 15.0. The minimum atomic E-state index is -0.629. The summed E-state index contributed by atoms with van der Waals surface area (Å²) in [4.78, 5) is 43.1. The van der Waals surface area contributed by atoms with Crippen molar-refractivity contribution in [2.24, 2.45) is 0 Å². The fourth-order valence-corrected chi connectivity index (χ4v) is 7.76. The van der Waals surface area contributed by atoms with Gasteiger partial charge in [0.25, 0.3) is 5.91 Å². The first-order chi connectivity index (χ1) is 32.0. The molecule has 2 atom stereocenters. The van der Waals surface area contributed by atoms with E-state index in [9.17, 15) is 14.4 Å². The van der Waals surface area contributed by atoms with E-state index in [0.29, 0.717) is 42.1 Å². The van der Waals surface area contributed by atoms with Crippen LogP contribution in [0.3, 0.4) is 0 Å². The monoisotopic (exact) mass is 865 g/mol. The second-order valence-corrected chi connectivity index (χ2v) is 16.0. The Morgan fingerprint density at radius 1 is 0.462 bits per heavy atom. The fraction of sp³-hybridized carbons (Fsp3) is 0.196. The van der Waals surface area contributed by atoms with Crippen molar-refractivity contribution in [1.29, 1.82) is 0 Å². The van der Waals surface area contributed by atoms with Crippen molar-refractivity contribution in [3.8, 4) is 23.0 Å². The second-order valence-electron chi connectivity index (χ2n) is 16.0. The average molecular weight is 866 g/mol. The van der Waals surface area contributed by atoms with Gasteiger partial charge in [0, 0.05) is 5.56 Å². The van der Waals surface area contributed by atoms with Crippen LogP contribution in [-0.4, -0.2) is 29.8 Å². The number of ether oxygens (including phenoxy) is 5. The van der Waals surface area contributed by atoms with Gasteiger partial charge in [0.05, 0.1) is 17.2 Å². The topological polar surface area (TPSA) is 109 Å². The maximum atomic E-state index is 14.9. The molecule has 7 aromatic carbocycles. The zero-order valence-corrected chi connectivity index (χ0v) is 36.1. The van der Waals surface area contributed by atoms with Crippen LogP contribution in [0.4, 0.5) is 0 Å². The molecule has 0 heterocycles. The molecule has 328 valence electrons. The molecule has 0 aromatic heterocycles. The first kappa shape index (κ1) is 44.0. The van der Waals surface area contributed by atoms with Crippen molar-refractivity contribution < 1.29 is 38.1 Å². The molecule has 0 radical (unpaired) electrons. The number of hydrogen-bond donors (Lipinski definition) is 1. The summed E-state index contributed by atoms with van der Waals surface area (Å²) in [5.41, 5.74) is 4.78. The summed E-state index contributed by atoms with van der Waals surface area (Å²) >= 11 is 0. The maximum Gasteiger partial charge on any atom is 0.338 e. The van der Waals surface area contributed by atoms with Crippen molar-refractivity contribution in [2.75, 3.05) is 0 Å². The summed E-state index contributed by atoms with van der Waals surface area (Å²) in [6.45, 7) is 0.894. The van der Waals surface area contributed by atoms with E-state index < -0.39 is 23.9 Å². The fourth-order valence-electron chi connectivity index (χ4n) is 7.76. The lowest BCUT2D eigenvalue weighted by molar-refractivity contribution is 0.0178. The lowest BCUT2D eigenvalue weighted by atomic mass is 9.98. The van der Waals surface area contributed by atoms with Crippen molar-refractivity contribution in [3.05, 3.63) is 226 Å². The molecular formula is C56H51NO8. The standard InChI is InChI=1S/C56H51NO8/c58-54(47-26-16-17-28-49(47)62-37-41-20-8-2-9-21-41)53-51(63-38-42-22-10-3-11-23-42)34-45(35-52(53)64-39-43-24-12-4-13-25-43)56(60)65-50-29-15-5-14-27-48(50)57-55(59)44-30-32-46(33-31-44)61-36-40-18-6-1-7-19-40/h1-4,6-13,16-26,28,30-35,48,50H,5,14-15,27,29,36-39H2,(H,57,59). The van der Waals surface area contributed by atoms with E-state index in [0.717, 1.165) is 41.5 Å². The van der Waals surface area contributed by atoms with E-state index >= 15 is 0 Å². The highest BCUT2D eigenvalue weighted by Crippen LogP contribution is 2.37. The molecule has 7 aromatic rings. The Hall–Kier alpha value is -7.65. The van der Waals surface area contributed by atoms with Gasteiger partial charge in [-0.15, -0.1) is 0 Å². The van der Waals surface area contributed by atoms with Gasteiger partial charge < -0.3 is 29.0 Å². The van der Waals surface area contributed by atoms with Gasteiger partial charge in [-0.1, -0.05) is 146 Å². The van der Waals surface area contributed by atoms with E-state index in [-0.39, 0.29) is 48.4 Å². The molecule has 1 aliphatic carbocycles. The van der Waals surface area contributed by atoms with Gasteiger partial charge >= 0.3 is 5.97 Å². The van der Waals surface area contributed by atoms with Crippen LogP contribution in [0.25, 0.3) is 0 Å². The third kappa shape index (κ3) is 12.1. The second kappa shape index (κ2) is 22.1. The van der Waals surface area contributed by atoms with Crippen LogP contribution in [0.1, 0.15) is 91.0 Å². The smallest absolute Gasteiger partial charge is 0.338 e. The van der Waals surface area contributed by atoms with Gasteiger partial charge in [0.1, 0.15) is 61.1 Å². The zero-order chi connectivity index (χ0) is 44.6. The summed E-state index contributed by atoms with van der Waals surface area (Å²) in [7, 11) is 0. The molecular weight excluding hydrogens is 815 g/mol. The van der Waals surface area contributed by atoms with E-state index in [1.54, 1.807) is 54.6 Å². The van der Waals surface area contributed by atoms with Crippen LogP contribution in [-0.2, 0) is 31.2 Å². The third-order valence-electron chi connectivity index (χ3n) is 11.3. The number of nitrogens with one attached hydrogen (secondary N) is 1. The predicted molar refractivity (Wildman–Crippen MR) is 249 cm³/mol. The summed E-state index contributed by atoms with van der Waals surface area (Å²) in [6.07, 6.45) is 3.23. The molecule has 0 spiro atoms. The molecule has 2 unspecified atom stereocenters. The molecule has 1 saturated carbocycles. The summed E-state index contributed by atoms with van der Waals surface area (Å²) in [5.74, 6) is 0.0441. The molecule has 1 fully saturated rings.